The first kappa shape index (κ1) is 13.3. The van der Waals surface area contributed by atoms with Gasteiger partial charge in [0.2, 0.25) is 6.54 Å². The van der Waals surface area contributed by atoms with Crippen LogP contribution in [0.1, 0.15) is 11.1 Å². The van der Waals surface area contributed by atoms with Crippen molar-refractivity contribution in [2.24, 2.45) is 0 Å². The molecule has 19 heavy (non-hydrogen) atoms. The molecule has 0 radical (unpaired) electrons. The number of nitro groups is 1. The minimum Gasteiger partial charge on any atom is -0.465 e. The highest BCUT2D eigenvalue weighted by molar-refractivity contribution is 5.66. The van der Waals surface area contributed by atoms with Crippen LogP contribution in [0.5, 0.6) is 0 Å². The molecule has 0 bridgehead atoms. The molecule has 2 rings (SSSR count). The van der Waals surface area contributed by atoms with E-state index in [9.17, 15) is 20.0 Å². The maximum Gasteiger partial charge on any atom is 0.407 e. The molecule has 1 aliphatic heterocycles. The Kier molecular flexibility index (Phi) is 3.66. The fourth-order valence-corrected chi connectivity index (χ4v) is 2.37. The number of rotatable bonds is 3. The first-order valence-electron chi connectivity index (χ1n) is 5.85. The predicted octanol–water partition coefficient (Wildman–Crippen LogP) is 0.729. The smallest absolute Gasteiger partial charge is 0.407 e. The van der Waals surface area contributed by atoms with E-state index < -0.39 is 29.7 Å². The lowest BCUT2D eigenvalue weighted by molar-refractivity contribution is -0.491. The van der Waals surface area contributed by atoms with Crippen LogP contribution in [0.4, 0.5) is 4.79 Å². The fraction of sp³-hybridized carbons (Fsp3) is 0.417. The van der Waals surface area contributed by atoms with Crippen molar-refractivity contribution >= 4 is 6.09 Å². The topological polar surface area (TPSA) is 104 Å². The van der Waals surface area contributed by atoms with Crippen molar-refractivity contribution in [3.8, 4) is 0 Å². The summed E-state index contributed by atoms with van der Waals surface area (Å²) in [7, 11) is 0. The highest BCUT2D eigenvalue weighted by Crippen LogP contribution is 2.25. The highest BCUT2D eigenvalue weighted by Gasteiger charge is 2.36. The van der Waals surface area contributed by atoms with Crippen LogP contribution >= 0.6 is 0 Å². The summed E-state index contributed by atoms with van der Waals surface area (Å²) in [6, 6.07) is 6.53. The van der Waals surface area contributed by atoms with Crippen molar-refractivity contribution in [3.63, 3.8) is 0 Å². The molecule has 0 aliphatic carbocycles. The summed E-state index contributed by atoms with van der Waals surface area (Å²) in [4.78, 5) is 22.1. The maximum atomic E-state index is 11.2. The van der Waals surface area contributed by atoms with Gasteiger partial charge in [-0.3, -0.25) is 15.0 Å². The second-order valence-electron chi connectivity index (χ2n) is 4.53. The van der Waals surface area contributed by atoms with Crippen LogP contribution in [0.25, 0.3) is 0 Å². The molecule has 1 aromatic carbocycles. The normalized spacial score (nSPS) is 19.6. The number of carboxylic acid groups (broad SMARTS) is 1. The number of amides is 1. The molecule has 2 N–H and O–H groups in total. The van der Waals surface area contributed by atoms with Gasteiger partial charge in [-0.2, -0.15) is 0 Å². The molecule has 0 unspecified atom stereocenters. The van der Waals surface area contributed by atoms with Gasteiger partial charge in [-0.1, -0.05) is 24.3 Å². The zero-order valence-electron chi connectivity index (χ0n) is 10.1. The lowest BCUT2D eigenvalue weighted by Gasteiger charge is -2.36. The van der Waals surface area contributed by atoms with E-state index in [2.05, 4.69) is 0 Å². The van der Waals surface area contributed by atoms with Crippen LogP contribution in [-0.4, -0.2) is 44.8 Å². The number of carbonyl (C=O) groups is 1. The van der Waals surface area contributed by atoms with Crippen LogP contribution in [0.3, 0.4) is 0 Å². The summed E-state index contributed by atoms with van der Waals surface area (Å²) in [6.45, 7) is -0.512. The quantitative estimate of drug-likeness (QED) is 0.620. The predicted molar refractivity (Wildman–Crippen MR) is 65.4 cm³/mol. The average molecular weight is 266 g/mol. The molecule has 1 aliphatic rings. The molecule has 7 heteroatoms. The Morgan fingerprint density at radius 3 is 2.68 bits per heavy atom. The molecule has 7 nitrogen and oxygen atoms in total. The van der Waals surface area contributed by atoms with Crippen LogP contribution in [0.15, 0.2) is 24.3 Å². The van der Waals surface area contributed by atoms with Crippen LogP contribution < -0.4 is 0 Å². The molecule has 102 valence electrons. The van der Waals surface area contributed by atoms with Crippen molar-refractivity contribution in [1.82, 2.24) is 4.90 Å². The van der Waals surface area contributed by atoms with E-state index in [4.69, 9.17) is 5.11 Å². The minimum absolute atomic E-state index is 0.144. The van der Waals surface area contributed by atoms with Gasteiger partial charge in [-0.05, 0) is 17.5 Å². The molecular formula is C12H14N2O5. The molecule has 0 aromatic heterocycles. The lowest BCUT2D eigenvalue weighted by Crippen LogP contribution is -2.51. The largest absolute Gasteiger partial charge is 0.465 e. The Hall–Kier alpha value is -2.15. The average Bonchev–Trinajstić information content (AvgIpc) is 2.36. The molecule has 2 atom stereocenters. The molecule has 0 fully saturated rings. The maximum absolute atomic E-state index is 11.2. The van der Waals surface area contributed by atoms with E-state index in [1.54, 1.807) is 0 Å². The van der Waals surface area contributed by atoms with Gasteiger partial charge < -0.3 is 10.2 Å². The molecule has 0 saturated carbocycles. The van der Waals surface area contributed by atoms with Crippen molar-refractivity contribution in [3.05, 3.63) is 45.5 Å². The third kappa shape index (κ3) is 2.82. The first-order valence-corrected chi connectivity index (χ1v) is 5.85. The molecule has 1 aromatic rings. The molecule has 1 amide bonds. The Morgan fingerprint density at radius 2 is 2.11 bits per heavy atom. The third-order valence-corrected chi connectivity index (χ3v) is 3.31. The molecule has 1 heterocycles. The Labute approximate surface area is 109 Å². The fourth-order valence-electron chi connectivity index (χ4n) is 2.37. The summed E-state index contributed by atoms with van der Waals surface area (Å²) >= 11 is 0. The van der Waals surface area contributed by atoms with Gasteiger partial charge in [0.25, 0.3) is 0 Å². The summed E-state index contributed by atoms with van der Waals surface area (Å²) in [5.41, 5.74) is 1.79. The number of aliphatic hydroxyl groups excluding tert-OH is 1. The van der Waals surface area contributed by atoms with Gasteiger partial charge in [0.15, 0.2) is 0 Å². The number of hydrogen-bond acceptors (Lipinski definition) is 4. The van der Waals surface area contributed by atoms with Crippen LogP contribution in [0.2, 0.25) is 0 Å². The van der Waals surface area contributed by atoms with Crippen molar-refractivity contribution in [1.29, 1.82) is 0 Å². The number of fused-ring (bicyclic) bond motifs is 1. The van der Waals surface area contributed by atoms with E-state index in [1.807, 2.05) is 24.3 Å². The van der Waals surface area contributed by atoms with Crippen molar-refractivity contribution < 1.29 is 19.9 Å². The Balaban J connectivity index is 2.26. The monoisotopic (exact) mass is 266 g/mol. The summed E-state index contributed by atoms with van der Waals surface area (Å²) in [5.74, 6) is 0. The van der Waals surface area contributed by atoms with E-state index in [1.165, 1.54) is 0 Å². The number of hydrogen-bond donors (Lipinski definition) is 2. The van der Waals surface area contributed by atoms with Crippen LogP contribution in [0, 0.1) is 10.1 Å². The highest BCUT2D eigenvalue weighted by atomic mass is 16.6. The van der Waals surface area contributed by atoms with Gasteiger partial charge in [-0.25, -0.2) is 4.79 Å². The van der Waals surface area contributed by atoms with Gasteiger partial charge in [0, 0.05) is 11.5 Å². The van der Waals surface area contributed by atoms with Gasteiger partial charge in [0.1, 0.15) is 6.10 Å². The van der Waals surface area contributed by atoms with E-state index in [-0.39, 0.29) is 13.0 Å². The first-order chi connectivity index (χ1) is 8.99. The molecular weight excluding hydrogens is 252 g/mol. The zero-order valence-corrected chi connectivity index (χ0v) is 10.1. The second kappa shape index (κ2) is 5.23. The Bertz CT molecular complexity index is 505. The van der Waals surface area contributed by atoms with E-state index in [0.29, 0.717) is 0 Å². The van der Waals surface area contributed by atoms with E-state index in [0.717, 1.165) is 16.0 Å². The summed E-state index contributed by atoms with van der Waals surface area (Å²) in [6.07, 6.45) is -2.20. The SMILES string of the molecule is O=C(O)N1Cc2ccccc2C[C@@H]1[C@@H](O)C[N+](=O)[O-]. The van der Waals surface area contributed by atoms with Gasteiger partial charge >= 0.3 is 6.09 Å². The molecule has 0 saturated heterocycles. The van der Waals surface area contributed by atoms with Gasteiger partial charge in [-0.15, -0.1) is 0 Å². The standard InChI is InChI=1S/C12H14N2O5/c15-11(7-14(18)19)10-5-8-3-1-2-4-9(8)6-13(10)12(16)17/h1-4,10-11,15H,5-7H2,(H,16,17)/t10-,11+/m1/s1. The number of aliphatic hydroxyl groups is 1. The zero-order chi connectivity index (χ0) is 14.0. The third-order valence-electron chi connectivity index (χ3n) is 3.31. The van der Waals surface area contributed by atoms with Gasteiger partial charge in [0.05, 0.1) is 6.04 Å². The van der Waals surface area contributed by atoms with Crippen molar-refractivity contribution in [2.45, 2.75) is 25.1 Å². The lowest BCUT2D eigenvalue weighted by atomic mass is 9.91. The Morgan fingerprint density at radius 1 is 1.47 bits per heavy atom. The number of nitrogens with zero attached hydrogens (tertiary/aromatic N) is 2. The number of benzene rings is 1. The summed E-state index contributed by atoms with van der Waals surface area (Å²) in [5, 5.41) is 29.5. The van der Waals surface area contributed by atoms with Crippen LogP contribution in [-0.2, 0) is 13.0 Å². The molecule has 0 spiro atoms. The van der Waals surface area contributed by atoms with E-state index >= 15 is 0 Å². The second-order valence-corrected chi connectivity index (χ2v) is 4.53. The minimum atomic E-state index is -1.31. The van der Waals surface area contributed by atoms with Crippen molar-refractivity contribution in [2.75, 3.05) is 6.54 Å². The summed E-state index contributed by atoms with van der Waals surface area (Å²) < 4.78 is 0.